The molecule has 0 radical (unpaired) electrons. The van der Waals surface area contributed by atoms with Gasteiger partial charge in [0.2, 0.25) is 5.16 Å². The molecule has 2 heterocycles. The Kier molecular flexibility index (Phi) is 4.09. The minimum absolute atomic E-state index is 0.554. The maximum atomic E-state index is 6.06. The average Bonchev–Trinajstić information content (AvgIpc) is 3.04. The van der Waals surface area contributed by atoms with Gasteiger partial charge in [0.1, 0.15) is 10.0 Å². The summed E-state index contributed by atoms with van der Waals surface area (Å²) in [6.07, 6.45) is 0. The molecule has 0 bridgehead atoms. The van der Waals surface area contributed by atoms with Crippen LogP contribution in [0.5, 0.6) is 0 Å². The molecule has 0 spiro atoms. The lowest BCUT2D eigenvalue weighted by Gasteiger charge is -2.03. The fourth-order valence-electron chi connectivity index (χ4n) is 1.69. The molecule has 0 aliphatic carbocycles. The molecule has 1 aromatic carbocycles. The van der Waals surface area contributed by atoms with Crippen molar-refractivity contribution in [2.24, 2.45) is 0 Å². The van der Waals surface area contributed by atoms with Gasteiger partial charge in [-0.3, -0.25) is 0 Å². The van der Waals surface area contributed by atoms with Gasteiger partial charge < -0.3 is 5.84 Å². The molecule has 21 heavy (non-hydrogen) atoms. The van der Waals surface area contributed by atoms with E-state index >= 15 is 0 Å². The molecule has 108 valence electrons. The normalized spacial score (nSPS) is 11.0. The third-order valence-electron chi connectivity index (χ3n) is 2.82. The first-order valence-electron chi connectivity index (χ1n) is 6.02. The van der Waals surface area contributed by atoms with Gasteiger partial charge in [-0.15, -0.1) is 15.3 Å². The number of benzene rings is 1. The Morgan fingerprint density at radius 3 is 2.67 bits per heavy atom. The van der Waals surface area contributed by atoms with Crippen LogP contribution in [0.2, 0.25) is 4.34 Å². The van der Waals surface area contributed by atoms with Crippen LogP contribution in [0, 0.1) is 6.92 Å². The molecule has 9 heteroatoms. The molecule has 0 saturated heterocycles. The van der Waals surface area contributed by atoms with Crippen LogP contribution >= 0.6 is 34.9 Å². The Morgan fingerprint density at radius 1 is 1.24 bits per heavy atom. The topological polar surface area (TPSA) is 82.5 Å². The Morgan fingerprint density at radius 2 is 2.00 bits per heavy atom. The predicted molar refractivity (Wildman–Crippen MR) is 84.8 cm³/mol. The molecule has 6 nitrogen and oxygen atoms in total. The van der Waals surface area contributed by atoms with Gasteiger partial charge in [-0.1, -0.05) is 57.7 Å². The monoisotopic (exact) mass is 338 g/mol. The molecule has 0 amide bonds. The van der Waals surface area contributed by atoms with Crippen LogP contribution in [0.25, 0.3) is 11.4 Å². The first kappa shape index (κ1) is 14.3. The molecule has 0 unspecified atom stereocenters. The first-order valence-corrected chi connectivity index (χ1v) is 8.16. The molecule has 0 saturated carbocycles. The number of aromatic nitrogens is 5. The summed E-state index contributed by atoms with van der Waals surface area (Å²) in [6, 6.07) is 7.96. The van der Waals surface area contributed by atoms with E-state index in [0.29, 0.717) is 21.1 Å². The summed E-state index contributed by atoms with van der Waals surface area (Å²) < 4.78 is 5.85. The van der Waals surface area contributed by atoms with Crippen LogP contribution in [0.4, 0.5) is 0 Å². The summed E-state index contributed by atoms with van der Waals surface area (Å²) in [5, 5.41) is 12.8. The van der Waals surface area contributed by atoms with E-state index in [9.17, 15) is 0 Å². The van der Waals surface area contributed by atoms with Crippen LogP contribution < -0.4 is 5.84 Å². The highest BCUT2D eigenvalue weighted by atomic mass is 35.5. The van der Waals surface area contributed by atoms with E-state index in [1.165, 1.54) is 22.0 Å². The van der Waals surface area contributed by atoms with Gasteiger partial charge in [0.05, 0.1) is 0 Å². The Labute approximate surface area is 134 Å². The molecule has 3 rings (SSSR count). The lowest BCUT2D eigenvalue weighted by molar-refractivity contribution is 0.849. The molecular formula is C12H11ClN6S2. The number of hydrogen-bond donors (Lipinski definition) is 1. The smallest absolute Gasteiger partial charge is 0.210 e. The number of rotatable bonds is 4. The highest BCUT2D eigenvalue weighted by Crippen LogP contribution is 2.27. The predicted octanol–water partition coefficient (Wildman–Crippen LogP) is 2.76. The number of thioether (sulfide) groups is 1. The van der Waals surface area contributed by atoms with E-state index in [1.54, 1.807) is 0 Å². The Hall–Kier alpha value is -1.64. The second-order valence-corrected chi connectivity index (χ2v) is 6.62. The number of nitrogens with two attached hydrogens (primary N) is 1. The minimum Gasteiger partial charge on any atom is -0.335 e. The molecule has 0 atom stereocenters. The number of aryl methyl sites for hydroxylation is 1. The van der Waals surface area contributed by atoms with Gasteiger partial charge in [-0.25, -0.2) is 4.68 Å². The van der Waals surface area contributed by atoms with Crippen molar-refractivity contribution in [2.75, 3.05) is 5.84 Å². The molecule has 0 fully saturated rings. The summed E-state index contributed by atoms with van der Waals surface area (Å²) in [5.74, 6) is 7.23. The van der Waals surface area contributed by atoms with Crippen molar-refractivity contribution in [1.82, 2.24) is 24.5 Å². The zero-order chi connectivity index (χ0) is 14.8. The van der Waals surface area contributed by atoms with Gasteiger partial charge >= 0.3 is 0 Å². The number of halogens is 1. The van der Waals surface area contributed by atoms with Crippen molar-refractivity contribution < 1.29 is 0 Å². The zero-order valence-electron chi connectivity index (χ0n) is 11.0. The molecule has 2 aromatic heterocycles. The SMILES string of the molecule is Cc1ccc(-c2nnc(SCc3nnsc3Cl)n2N)cc1. The van der Waals surface area contributed by atoms with Crippen molar-refractivity contribution in [1.29, 1.82) is 0 Å². The molecule has 3 aromatic rings. The summed E-state index contributed by atoms with van der Waals surface area (Å²) >= 11 is 8.55. The number of hydrogen-bond acceptors (Lipinski definition) is 7. The molecule has 0 aliphatic rings. The minimum atomic E-state index is 0.554. The summed E-state index contributed by atoms with van der Waals surface area (Å²) in [5.41, 5.74) is 2.84. The molecular weight excluding hydrogens is 328 g/mol. The van der Waals surface area contributed by atoms with Gasteiger partial charge in [0.15, 0.2) is 5.82 Å². The summed E-state index contributed by atoms with van der Waals surface area (Å²) in [7, 11) is 0. The lowest BCUT2D eigenvalue weighted by atomic mass is 10.1. The van der Waals surface area contributed by atoms with Crippen LogP contribution in [0.3, 0.4) is 0 Å². The summed E-state index contributed by atoms with van der Waals surface area (Å²) in [6.45, 7) is 2.03. The van der Waals surface area contributed by atoms with Gasteiger partial charge in [0.25, 0.3) is 0 Å². The first-order chi connectivity index (χ1) is 10.1. The van der Waals surface area contributed by atoms with Crippen LogP contribution in [-0.4, -0.2) is 24.5 Å². The number of nitrogens with zero attached hydrogens (tertiary/aromatic N) is 5. The largest absolute Gasteiger partial charge is 0.335 e. The summed E-state index contributed by atoms with van der Waals surface area (Å²) in [4.78, 5) is 0. The second kappa shape index (κ2) is 6.00. The highest BCUT2D eigenvalue weighted by molar-refractivity contribution is 7.98. The third-order valence-corrected chi connectivity index (χ3v) is 4.76. The Balaban J connectivity index is 1.79. The second-order valence-electron chi connectivity index (χ2n) is 4.32. The van der Waals surface area contributed by atoms with Crippen molar-refractivity contribution in [3.63, 3.8) is 0 Å². The molecule has 0 aliphatic heterocycles. The maximum Gasteiger partial charge on any atom is 0.210 e. The number of nitrogen functional groups attached to an aromatic ring is 1. The van der Waals surface area contributed by atoms with Gasteiger partial charge in [0, 0.05) is 22.8 Å². The highest BCUT2D eigenvalue weighted by Gasteiger charge is 2.14. The Bertz CT molecular complexity index is 751. The lowest BCUT2D eigenvalue weighted by Crippen LogP contribution is -2.11. The fourth-order valence-corrected chi connectivity index (χ4v) is 3.28. The van der Waals surface area contributed by atoms with E-state index in [4.69, 9.17) is 17.4 Å². The van der Waals surface area contributed by atoms with E-state index < -0.39 is 0 Å². The van der Waals surface area contributed by atoms with Crippen molar-refractivity contribution >= 4 is 34.9 Å². The van der Waals surface area contributed by atoms with E-state index in [0.717, 1.165) is 22.8 Å². The standard InChI is InChI=1S/C12H11ClN6S2/c1-7-2-4-8(5-3-7)11-16-17-12(19(11)14)20-6-9-10(13)21-18-15-9/h2-5H,6,14H2,1H3. The average molecular weight is 339 g/mol. The molecule has 2 N–H and O–H groups in total. The maximum absolute atomic E-state index is 6.06. The fraction of sp³-hybridized carbons (Fsp3) is 0.167. The van der Waals surface area contributed by atoms with E-state index in [-0.39, 0.29) is 0 Å². The zero-order valence-corrected chi connectivity index (χ0v) is 13.4. The third kappa shape index (κ3) is 3.02. The van der Waals surface area contributed by atoms with Crippen molar-refractivity contribution in [2.45, 2.75) is 17.8 Å². The van der Waals surface area contributed by atoms with Gasteiger partial charge in [-0.2, -0.15) is 0 Å². The quantitative estimate of drug-likeness (QED) is 0.581. The van der Waals surface area contributed by atoms with Crippen LogP contribution in [0.1, 0.15) is 11.3 Å². The van der Waals surface area contributed by atoms with Gasteiger partial charge in [-0.05, 0) is 6.92 Å². The van der Waals surface area contributed by atoms with E-state index in [1.807, 2.05) is 31.2 Å². The van der Waals surface area contributed by atoms with E-state index in [2.05, 4.69) is 19.8 Å². The van der Waals surface area contributed by atoms with Crippen LogP contribution in [-0.2, 0) is 5.75 Å². The van der Waals surface area contributed by atoms with Crippen LogP contribution in [0.15, 0.2) is 29.4 Å². The van der Waals surface area contributed by atoms with Crippen molar-refractivity contribution in [3.05, 3.63) is 39.9 Å². The van der Waals surface area contributed by atoms with Crippen molar-refractivity contribution in [3.8, 4) is 11.4 Å².